The first-order chi connectivity index (χ1) is 8.99. The highest BCUT2D eigenvalue weighted by atomic mass is 79.9. The summed E-state index contributed by atoms with van der Waals surface area (Å²) in [6.45, 7) is 2.68. The van der Waals surface area contributed by atoms with Gasteiger partial charge in [0.05, 0.1) is 11.6 Å². The van der Waals surface area contributed by atoms with Gasteiger partial charge in [0.1, 0.15) is 0 Å². The molecule has 2 nitrogen and oxygen atoms in total. The molecule has 1 heterocycles. The summed E-state index contributed by atoms with van der Waals surface area (Å²) in [5.41, 5.74) is 1.82. The number of aryl methyl sites for hydroxylation is 1. The maximum Gasteiger partial charge on any atom is 0.253 e. The number of nitrogens with zero attached hydrogens (tertiary/aromatic N) is 1. The predicted molar refractivity (Wildman–Crippen MR) is 84.0 cm³/mol. The number of halogens is 2. The smallest absolute Gasteiger partial charge is 0.253 e. The normalized spacial score (nSPS) is 10.5. The van der Waals surface area contributed by atoms with Crippen molar-refractivity contribution >= 4 is 44.8 Å². The minimum absolute atomic E-state index is 0.0257. The van der Waals surface area contributed by atoms with Crippen molar-refractivity contribution in [2.45, 2.75) is 13.5 Å². The lowest BCUT2D eigenvalue weighted by atomic mass is 10.2. The lowest BCUT2D eigenvalue weighted by molar-refractivity contribution is 0.0786. The third-order valence-corrected chi connectivity index (χ3v) is 5.10. The summed E-state index contributed by atoms with van der Waals surface area (Å²) < 4.78 is 0.794. The summed E-state index contributed by atoms with van der Waals surface area (Å²) >= 11 is 11.0. The fourth-order valence-corrected chi connectivity index (χ4v) is 3.09. The van der Waals surface area contributed by atoms with Crippen LogP contribution in [0.4, 0.5) is 0 Å². The van der Waals surface area contributed by atoms with Crippen molar-refractivity contribution in [1.29, 1.82) is 0 Å². The number of benzene rings is 1. The van der Waals surface area contributed by atoms with Crippen LogP contribution in [-0.4, -0.2) is 17.9 Å². The SMILES string of the molecule is Cc1ccsc1CN(C)C(=O)c1ccc(Br)c(Cl)c1. The van der Waals surface area contributed by atoms with E-state index in [4.69, 9.17) is 11.6 Å². The molecule has 0 spiro atoms. The van der Waals surface area contributed by atoms with Crippen molar-refractivity contribution in [1.82, 2.24) is 4.90 Å². The molecule has 0 N–H and O–H groups in total. The highest BCUT2D eigenvalue weighted by molar-refractivity contribution is 9.10. The van der Waals surface area contributed by atoms with Gasteiger partial charge in [-0.05, 0) is 58.1 Å². The van der Waals surface area contributed by atoms with E-state index in [1.807, 2.05) is 5.38 Å². The third-order valence-electron chi connectivity index (χ3n) is 2.86. The second-order valence-corrected chi connectivity index (χ2v) is 6.58. The number of carbonyl (C=O) groups is 1. The van der Waals surface area contributed by atoms with Gasteiger partial charge in [-0.25, -0.2) is 0 Å². The van der Waals surface area contributed by atoms with E-state index in [-0.39, 0.29) is 5.91 Å². The highest BCUT2D eigenvalue weighted by Crippen LogP contribution is 2.24. The number of rotatable bonds is 3. The Hall–Kier alpha value is -0.840. The Morgan fingerprint density at radius 3 is 2.74 bits per heavy atom. The summed E-state index contributed by atoms with van der Waals surface area (Å²) in [5.74, 6) is -0.0257. The van der Waals surface area contributed by atoms with Crippen LogP contribution in [-0.2, 0) is 6.54 Å². The molecule has 5 heteroatoms. The van der Waals surface area contributed by atoms with Crippen molar-refractivity contribution < 1.29 is 4.79 Å². The molecule has 0 aliphatic rings. The standard InChI is InChI=1S/C14H13BrClNOS/c1-9-5-6-19-13(9)8-17(2)14(18)10-3-4-11(15)12(16)7-10/h3-7H,8H2,1-2H3. The van der Waals surface area contributed by atoms with Crippen LogP contribution >= 0.6 is 38.9 Å². The molecule has 0 bridgehead atoms. The van der Waals surface area contributed by atoms with Gasteiger partial charge in [-0.15, -0.1) is 11.3 Å². The Labute approximate surface area is 130 Å². The first kappa shape index (κ1) is 14.6. The van der Waals surface area contributed by atoms with Gasteiger partial charge in [0.25, 0.3) is 5.91 Å². The first-order valence-corrected chi connectivity index (χ1v) is 7.77. The van der Waals surface area contributed by atoms with Crippen molar-refractivity contribution in [2.75, 3.05) is 7.05 Å². The van der Waals surface area contributed by atoms with Crippen LogP contribution in [0.1, 0.15) is 20.8 Å². The predicted octanol–water partition coefficient (Wildman–Crippen LogP) is 4.74. The van der Waals surface area contributed by atoms with E-state index in [0.29, 0.717) is 17.1 Å². The van der Waals surface area contributed by atoms with E-state index in [1.165, 1.54) is 10.4 Å². The lowest BCUT2D eigenvalue weighted by Crippen LogP contribution is -2.26. The summed E-state index contributed by atoms with van der Waals surface area (Å²) in [6.07, 6.45) is 0. The molecule has 0 unspecified atom stereocenters. The Morgan fingerprint density at radius 1 is 1.42 bits per heavy atom. The van der Waals surface area contributed by atoms with Crippen molar-refractivity contribution in [3.05, 3.63) is 55.1 Å². The molecule has 0 aliphatic carbocycles. The van der Waals surface area contributed by atoms with Crippen molar-refractivity contribution in [2.24, 2.45) is 0 Å². The lowest BCUT2D eigenvalue weighted by Gasteiger charge is -2.17. The van der Waals surface area contributed by atoms with Gasteiger partial charge < -0.3 is 4.90 Å². The number of carbonyl (C=O) groups excluding carboxylic acids is 1. The monoisotopic (exact) mass is 357 g/mol. The van der Waals surface area contributed by atoms with Crippen molar-refractivity contribution in [3.8, 4) is 0 Å². The van der Waals surface area contributed by atoms with E-state index < -0.39 is 0 Å². The van der Waals surface area contributed by atoms with Gasteiger partial charge in [-0.3, -0.25) is 4.79 Å². The maximum atomic E-state index is 12.3. The van der Waals surface area contributed by atoms with Gasteiger partial charge in [-0.2, -0.15) is 0 Å². The molecule has 100 valence electrons. The number of hydrogen-bond donors (Lipinski definition) is 0. The molecule has 2 aromatic rings. The molecule has 0 aliphatic heterocycles. The van der Waals surface area contributed by atoms with Crippen LogP contribution in [0.3, 0.4) is 0 Å². The average Bonchev–Trinajstić information content (AvgIpc) is 2.77. The topological polar surface area (TPSA) is 20.3 Å². The number of thiophene rings is 1. The second kappa shape index (κ2) is 6.07. The fraction of sp³-hybridized carbons (Fsp3) is 0.214. The Balaban J connectivity index is 2.15. The molecule has 1 aromatic carbocycles. The quantitative estimate of drug-likeness (QED) is 0.775. The van der Waals surface area contributed by atoms with Crippen LogP contribution in [0.25, 0.3) is 0 Å². The highest BCUT2D eigenvalue weighted by Gasteiger charge is 2.14. The summed E-state index contributed by atoms with van der Waals surface area (Å²) in [7, 11) is 1.80. The molecule has 2 rings (SSSR count). The average molecular weight is 359 g/mol. The molecular formula is C14H13BrClNOS. The van der Waals surface area contributed by atoms with Crippen LogP contribution in [0.5, 0.6) is 0 Å². The third kappa shape index (κ3) is 3.38. The zero-order valence-electron chi connectivity index (χ0n) is 10.6. The molecule has 0 saturated heterocycles. The fourth-order valence-electron chi connectivity index (χ4n) is 1.70. The molecule has 19 heavy (non-hydrogen) atoms. The van der Waals surface area contributed by atoms with Crippen LogP contribution in [0, 0.1) is 6.92 Å². The molecule has 1 amide bonds. The maximum absolute atomic E-state index is 12.3. The van der Waals surface area contributed by atoms with Gasteiger partial charge >= 0.3 is 0 Å². The zero-order valence-corrected chi connectivity index (χ0v) is 13.8. The van der Waals surface area contributed by atoms with E-state index >= 15 is 0 Å². The summed E-state index contributed by atoms with van der Waals surface area (Å²) in [6, 6.07) is 7.32. The van der Waals surface area contributed by atoms with Gasteiger partial charge in [0, 0.05) is 22.0 Å². The van der Waals surface area contributed by atoms with Crippen molar-refractivity contribution in [3.63, 3.8) is 0 Å². The Kier molecular flexibility index (Phi) is 4.66. The molecular weight excluding hydrogens is 346 g/mol. The van der Waals surface area contributed by atoms with E-state index in [0.717, 1.165) is 4.47 Å². The number of hydrogen-bond acceptors (Lipinski definition) is 2. The molecule has 0 atom stereocenters. The van der Waals surface area contributed by atoms with E-state index in [1.54, 1.807) is 41.5 Å². The molecule has 0 saturated carbocycles. The molecule has 0 radical (unpaired) electrons. The van der Waals surface area contributed by atoms with E-state index in [2.05, 4.69) is 28.9 Å². The first-order valence-electron chi connectivity index (χ1n) is 5.72. The zero-order chi connectivity index (χ0) is 14.0. The van der Waals surface area contributed by atoms with Crippen LogP contribution in [0.15, 0.2) is 34.1 Å². The molecule has 1 aromatic heterocycles. The van der Waals surface area contributed by atoms with Crippen LogP contribution in [0.2, 0.25) is 5.02 Å². The summed E-state index contributed by atoms with van der Waals surface area (Å²) in [4.78, 5) is 15.2. The Bertz CT molecular complexity index is 611. The second-order valence-electron chi connectivity index (χ2n) is 4.32. The van der Waals surface area contributed by atoms with Crippen LogP contribution < -0.4 is 0 Å². The molecule has 0 fully saturated rings. The summed E-state index contributed by atoms with van der Waals surface area (Å²) in [5, 5.41) is 2.59. The number of amides is 1. The van der Waals surface area contributed by atoms with Gasteiger partial charge in [-0.1, -0.05) is 11.6 Å². The minimum Gasteiger partial charge on any atom is -0.337 e. The Morgan fingerprint density at radius 2 is 2.16 bits per heavy atom. The van der Waals surface area contributed by atoms with E-state index in [9.17, 15) is 4.79 Å². The minimum atomic E-state index is -0.0257. The van der Waals surface area contributed by atoms with Gasteiger partial charge in [0.2, 0.25) is 0 Å². The van der Waals surface area contributed by atoms with Gasteiger partial charge in [0.15, 0.2) is 0 Å². The largest absolute Gasteiger partial charge is 0.337 e.